The highest BCUT2D eigenvalue weighted by Gasteiger charge is 2.17. The fraction of sp³-hybridized carbons (Fsp3) is 0.429. The number of amides is 1. The molecule has 4 nitrogen and oxygen atoms in total. The number of carbonyl (C=O) groups is 2. The van der Waals surface area contributed by atoms with Gasteiger partial charge in [0.1, 0.15) is 0 Å². The van der Waals surface area contributed by atoms with Gasteiger partial charge in [-0.3, -0.25) is 9.59 Å². The number of rotatable bonds is 6. The zero-order chi connectivity index (χ0) is 14.4. The van der Waals surface area contributed by atoms with Gasteiger partial charge in [0.15, 0.2) is 0 Å². The number of carbonyl (C=O) groups excluding carboxylic acids is 1. The Morgan fingerprint density at radius 2 is 1.84 bits per heavy atom. The van der Waals surface area contributed by atoms with Crippen LogP contribution in [0.2, 0.25) is 0 Å². The first kappa shape index (κ1) is 15.9. The second-order valence-electron chi connectivity index (χ2n) is 4.80. The molecular formula is C14H18INO3. The van der Waals surface area contributed by atoms with Crippen molar-refractivity contribution in [2.75, 3.05) is 13.1 Å². The summed E-state index contributed by atoms with van der Waals surface area (Å²) in [5.41, 5.74) is 0.603. The molecular weight excluding hydrogens is 357 g/mol. The Kier molecular flexibility index (Phi) is 6.27. The Hall–Kier alpha value is -1.11. The number of carboxylic acid groups (broad SMARTS) is 1. The second-order valence-corrected chi connectivity index (χ2v) is 6.04. The lowest BCUT2D eigenvalue weighted by Crippen LogP contribution is -2.35. The number of hydrogen-bond donors (Lipinski definition) is 1. The van der Waals surface area contributed by atoms with Gasteiger partial charge >= 0.3 is 5.97 Å². The average molecular weight is 375 g/mol. The van der Waals surface area contributed by atoms with E-state index >= 15 is 0 Å². The third-order valence-corrected chi connectivity index (χ3v) is 3.28. The average Bonchev–Trinajstić information content (AvgIpc) is 2.34. The Bertz CT molecular complexity index is 443. The van der Waals surface area contributed by atoms with Crippen molar-refractivity contribution in [2.45, 2.75) is 20.3 Å². The molecule has 0 heterocycles. The van der Waals surface area contributed by atoms with E-state index in [0.29, 0.717) is 18.0 Å². The van der Waals surface area contributed by atoms with Crippen molar-refractivity contribution in [3.63, 3.8) is 0 Å². The van der Waals surface area contributed by atoms with Gasteiger partial charge in [-0.05, 0) is 52.8 Å². The van der Waals surface area contributed by atoms with E-state index in [1.807, 2.05) is 26.0 Å². The maximum absolute atomic E-state index is 12.3. The van der Waals surface area contributed by atoms with E-state index in [-0.39, 0.29) is 18.9 Å². The highest BCUT2D eigenvalue weighted by Crippen LogP contribution is 2.11. The Balaban J connectivity index is 2.80. The Morgan fingerprint density at radius 1 is 1.26 bits per heavy atom. The van der Waals surface area contributed by atoms with E-state index in [0.717, 1.165) is 3.57 Å². The molecule has 0 aliphatic rings. The molecule has 5 heteroatoms. The van der Waals surface area contributed by atoms with Crippen LogP contribution < -0.4 is 0 Å². The summed E-state index contributed by atoms with van der Waals surface area (Å²) < 4.78 is 1.06. The van der Waals surface area contributed by atoms with Crippen LogP contribution in [0.1, 0.15) is 30.6 Å². The smallest absolute Gasteiger partial charge is 0.305 e. The summed E-state index contributed by atoms with van der Waals surface area (Å²) >= 11 is 2.18. The first-order valence-corrected chi connectivity index (χ1v) is 7.24. The van der Waals surface area contributed by atoms with E-state index in [4.69, 9.17) is 5.11 Å². The van der Waals surface area contributed by atoms with Crippen molar-refractivity contribution in [1.82, 2.24) is 4.90 Å². The summed E-state index contributed by atoms with van der Waals surface area (Å²) in [5, 5.41) is 8.75. The monoisotopic (exact) mass is 375 g/mol. The summed E-state index contributed by atoms with van der Waals surface area (Å²) in [6.07, 6.45) is -0.0250. The van der Waals surface area contributed by atoms with Crippen molar-refractivity contribution in [3.05, 3.63) is 33.4 Å². The standard InChI is InChI=1S/C14H18INO3/c1-10(2)9-16(8-7-13(17)18)14(19)11-3-5-12(15)6-4-11/h3-6,10H,7-9H2,1-2H3,(H,17,18). The second kappa shape index (κ2) is 7.47. The van der Waals surface area contributed by atoms with E-state index in [1.54, 1.807) is 17.0 Å². The molecule has 0 unspecified atom stereocenters. The van der Waals surface area contributed by atoms with Gasteiger partial charge in [0, 0.05) is 22.2 Å². The van der Waals surface area contributed by atoms with Crippen molar-refractivity contribution in [3.8, 4) is 0 Å². The van der Waals surface area contributed by atoms with Crippen molar-refractivity contribution >= 4 is 34.5 Å². The first-order chi connectivity index (χ1) is 8.90. The molecule has 0 saturated carbocycles. The number of carboxylic acids is 1. The molecule has 1 N–H and O–H groups in total. The SMILES string of the molecule is CC(C)CN(CCC(=O)O)C(=O)c1ccc(I)cc1. The van der Waals surface area contributed by atoms with Crippen LogP contribution in [0, 0.1) is 9.49 Å². The van der Waals surface area contributed by atoms with Gasteiger partial charge in [-0.25, -0.2) is 0 Å². The van der Waals surface area contributed by atoms with E-state index in [1.165, 1.54) is 0 Å². The van der Waals surface area contributed by atoms with E-state index in [9.17, 15) is 9.59 Å². The summed E-state index contributed by atoms with van der Waals surface area (Å²) in [7, 11) is 0. The van der Waals surface area contributed by atoms with Crippen LogP contribution in [0.25, 0.3) is 0 Å². The topological polar surface area (TPSA) is 57.6 Å². The molecule has 1 aromatic carbocycles. The molecule has 0 radical (unpaired) electrons. The van der Waals surface area contributed by atoms with Crippen molar-refractivity contribution in [1.29, 1.82) is 0 Å². The van der Waals surface area contributed by atoms with Crippen LogP contribution in [0.4, 0.5) is 0 Å². The van der Waals surface area contributed by atoms with Crippen molar-refractivity contribution < 1.29 is 14.7 Å². The maximum Gasteiger partial charge on any atom is 0.305 e. The molecule has 0 fully saturated rings. The van der Waals surface area contributed by atoms with Gasteiger partial charge in [0.25, 0.3) is 5.91 Å². The molecule has 0 aliphatic carbocycles. The third kappa shape index (κ3) is 5.59. The zero-order valence-corrected chi connectivity index (χ0v) is 13.3. The molecule has 1 aromatic rings. The molecule has 0 spiro atoms. The summed E-state index contributed by atoms with van der Waals surface area (Å²) in [6.45, 7) is 4.83. The Morgan fingerprint density at radius 3 is 2.32 bits per heavy atom. The molecule has 0 aliphatic heterocycles. The van der Waals surface area contributed by atoms with Gasteiger partial charge in [-0.2, -0.15) is 0 Å². The molecule has 0 atom stereocenters. The third-order valence-electron chi connectivity index (χ3n) is 2.56. The fourth-order valence-electron chi connectivity index (χ4n) is 1.72. The fourth-order valence-corrected chi connectivity index (χ4v) is 2.08. The van der Waals surface area contributed by atoms with E-state index in [2.05, 4.69) is 22.6 Å². The van der Waals surface area contributed by atoms with Gasteiger partial charge in [0.05, 0.1) is 6.42 Å². The van der Waals surface area contributed by atoms with Crippen LogP contribution in [0.5, 0.6) is 0 Å². The maximum atomic E-state index is 12.3. The highest BCUT2D eigenvalue weighted by molar-refractivity contribution is 14.1. The summed E-state index contributed by atoms with van der Waals surface area (Å²) in [4.78, 5) is 24.6. The van der Waals surface area contributed by atoms with Gasteiger partial charge < -0.3 is 10.0 Å². The predicted molar refractivity (Wildman–Crippen MR) is 82.2 cm³/mol. The Labute approximate surface area is 126 Å². The van der Waals surface area contributed by atoms with Crippen LogP contribution in [-0.2, 0) is 4.79 Å². The number of nitrogens with zero attached hydrogens (tertiary/aromatic N) is 1. The minimum atomic E-state index is -0.885. The van der Waals surface area contributed by atoms with E-state index < -0.39 is 5.97 Å². The predicted octanol–water partition coefficient (Wildman–Crippen LogP) is 2.86. The molecule has 1 rings (SSSR count). The van der Waals surface area contributed by atoms with Gasteiger partial charge in [0.2, 0.25) is 0 Å². The number of hydrogen-bond acceptors (Lipinski definition) is 2. The number of benzene rings is 1. The van der Waals surface area contributed by atoms with Gasteiger partial charge in [-0.15, -0.1) is 0 Å². The molecule has 104 valence electrons. The van der Waals surface area contributed by atoms with Crippen LogP contribution >= 0.6 is 22.6 Å². The molecule has 0 bridgehead atoms. The van der Waals surface area contributed by atoms with Crippen LogP contribution in [-0.4, -0.2) is 35.0 Å². The minimum Gasteiger partial charge on any atom is -0.481 e. The highest BCUT2D eigenvalue weighted by atomic mass is 127. The summed E-state index contributed by atoms with van der Waals surface area (Å²) in [5.74, 6) is -0.683. The lowest BCUT2D eigenvalue weighted by atomic mass is 10.1. The lowest BCUT2D eigenvalue weighted by molar-refractivity contribution is -0.137. The quantitative estimate of drug-likeness (QED) is 0.778. The van der Waals surface area contributed by atoms with Crippen LogP contribution in [0.3, 0.4) is 0 Å². The minimum absolute atomic E-state index is 0.0250. The van der Waals surface area contributed by atoms with Crippen LogP contribution in [0.15, 0.2) is 24.3 Å². The zero-order valence-electron chi connectivity index (χ0n) is 11.1. The van der Waals surface area contributed by atoms with Gasteiger partial charge in [-0.1, -0.05) is 13.8 Å². The first-order valence-electron chi connectivity index (χ1n) is 6.16. The summed E-state index contributed by atoms with van der Waals surface area (Å²) in [6, 6.07) is 7.30. The molecule has 0 aromatic heterocycles. The molecule has 0 saturated heterocycles. The lowest BCUT2D eigenvalue weighted by Gasteiger charge is -2.24. The number of aliphatic carboxylic acids is 1. The van der Waals surface area contributed by atoms with Crippen molar-refractivity contribution in [2.24, 2.45) is 5.92 Å². The molecule has 1 amide bonds. The number of halogens is 1. The normalized spacial score (nSPS) is 10.5. The largest absolute Gasteiger partial charge is 0.481 e. The molecule has 19 heavy (non-hydrogen) atoms.